The number of hydrogen-bond donors (Lipinski definition) is 1. The van der Waals surface area contributed by atoms with Gasteiger partial charge in [-0.15, -0.1) is 0 Å². The molecular formula is C13H12N2O. The van der Waals surface area contributed by atoms with Gasteiger partial charge in [-0.25, -0.2) is 0 Å². The molecule has 2 aromatic rings. The fourth-order valence-corrected chi connectivity index (χ4v) is 1.47. The Morgan fingerprint density at radius 3 is 2.62 bits per heavy atom. The Labute approximate surface area is 93.9 Å². The number of ketones is 1. The summed E-state index contributed by atoms with van der Waals surface area (Å²) in [5, 5.41) is 0. The lowest BCUT2D eigenvalue weighted by Gasteiger charge is -2.02. The number of Topliss-reactive ketones (excluding diaryl/α,β-unsaturated/α-hetero) is 1. The van der Waals surface area contributed by atoms with Crippen molar-refractivity contribution >= 4 is 11.5 Å². The van der Waals surface area contributed by atoms with E-state index in [0.29, 0.717) is 11.3 Å². The van der Waals surface area contributed by atoms with Crippen molar-refractivity contribution in [1.29, 1.82) is 0 Å². The van der Waals surface area contributed by atoms with Crippen molar-refractivity contribution in [2.24, 2.45) is 0 Å². The first-order valence-corrected chi connectivity index (χ1v) is 5.00. The van der Waals surface area contributed by atoms with E-state index in [1.165, 1.54) is 6.92 Å². The molecule has 0 unspecified atom stereocenters. The number of nitrogen functional groups attached to an aromatic ring is 1. The number of carbonyl (C=O) groups is 1. The maximum atomic E-state index is 11.1. The van der Waals surface area contributed by atoms with Crippen LogP contribution < -0.4 is 5.73 Å². The standard InChI is InChI=1S/C13H12N2O/c1-9(16)11-5-6-13(15-8-11)10-3-2-4-12(14)7-10/h2-8H,14H2,1H3. The van der Waals surface area contributed by atoms with Crippen LogP contribution in [0.3, 0.4) is 0 Å². The summed E-state index contributed by atoms with van der Waals surface area (Å²) in [6.07, 6.45) is 1.58. The van der Waals surface area contributed by atoms with Crippen molar-refractivity contribution in [3.05, 3.63) is 48.2 Å². The number of nitrogens with two attached hydrogens (primary N) is 1. The lowest BCUT2D eigenvalue weighted by molar-refractivity contribution is 0.101. The van der Waals surface area contributed by atoms with Gasteiger partial charge in [0.25, 0.3) is 0 Å². The zero-order chi connectivity index (χ0) is 11.5. The van der Waals surface area contributed by atoms with Crippen LogP contribution in [0.1, 0.15) is 17.3 Å². The Kier molecular flexibility index (Phi) is 2.68. The molecule has 0 atom stereocenters. The molecule has 0 bridgehead atoms. The molecule has 0 aliphatic heterocycles. The number of anilines is 1. The maximum absolute atomic E-state index is 11.1. The molecule has 1 heterocycles. The molecular weight excluding hydrogens is 200 g/mol. The van der Waals surface area contributed by atoms with Crippen molar-refractivity contribution in [2.75, 3.05) is 5.73 Å². The Hall–Kier alpha value is -2.16. The minimum Gasteiger partial charge on any atom is -0.399 e. The second-order valence-electron chi connectivity index (χ2n) is 3.61. The van der Waals surface area contributed by atoms with Crippen LogP contribution in [0.5, 0.6) is 0 Å². The first-order valence-electron chi connectivity index (χ1n) is 5.00. The minimum atomic E-state index is 0.0200. The van der Waals surface area contributed by atoms with Gasteiger partial charge >= 0.3 is 0 Å². The molecule has 2 rings (SSSR count). The van der Waals surface area contributed by atoms with E-state index in [1.54, 1.807) is 12.3 Å². The van der Waals surface area contributed by atoms with Gasteiger partial charge in [0.2, 0.25) is 0 Å². The van der Waals surface area contributed by atoms with E-state index in [-0.39, 0.29) is 5.78 Å². The molecule has 0 radical (unpaired) electrons. The molecule has 1 aromatic carbocycles. The van der Waals surface area contributed by atoms with Gasteiger partial charge in [0, 0.05) is 23.0 Å². The van der Waals surface area contributed by atoms with Crippen molar-refractivity contribution in [3.63, 3.8) is 0 Å². The van der Waals surface area contributed by atoms with E-state index in [1.807, 2.05) is 30.3 Å². The lowest BCUT2D eigenvalue weighted by atomic mass is 10.1. The predicted molar refractivity (Wildman–Crippen MR) is 64.1 cm³/mol. The van der Waals surface area contributed by atoms with E-state index in [9.17, 15) is 4.79 Å². The van der Waals surface area contributed by atoms with Crippen LogP contribution in [-0.4, -0.2) is 10.8 Å². The van der Waals surface area contributed by atoms with E-state index in [2.05, 4.69) is 4.98 Å². The third-order valence-electron chi connectivity index (χ3n) is 2.35. The van der Waals surface area contributed by atoms with Crippen LogP contribution in [0.15, 0.2) is 42.6 Å². The van der Waals surface area contributed by atoms with Crippen LogP contribution in [0, 0.1) is 0 Å². The molecule has 0 amide bonds. The second-order valence-corrected chi connectivity index (χ2v) is 3.61. The van der Waals surface area contributed by atoms with Gasteiger partial charge in [0.05, 0.1) is 5.69 Å². The SMILES string of the molecule is CC(=O)c1ccc(-c2cccc(N)c2)nc1. The summed E-state index contributed by atoms with van der Waals surface area (Å²) in [5.74, 6) is 0.0200. The fraction of sp³-hybridized carbons (Fsp3) is 0.0769. The van der Waals surface area contributed by atoms with E-state index in [0.717, 1.165) is 11.3 Å². The predicted octanol–water partition coefficient (Wildman–Crippen LogP) is 2.53. The topological polar surface area (TPSA) is 56.0 Å². The van der Waals surface area contributed by atoms with Crippen LogP contribution >= 0.6 is 0 Å². The molecule has 0 spiro atoms. The average molecular weight is 212 g/mol. The smallest absolute Gasteiger partial charge is 0.161 e. The number of aromatic nitrogens is 1. The lowest BCUT2D eigenvalue weighted by Crippen LogP contribution is -1.94. The summed E-state index contributed by atoms with van der Waals surface area (Å²) in [7, 11) is 0. The Bertz CT molecular complexity index is 518. The summed E-state index contributed by atoms with van der Waals surface area (Å²) < 4.78 is 0. The summed E-state index contributed by atoms with van der Waals surface area (Å²) in [4.78, 5) is 15.3. The number of nitrogens with zero attached hydrogens (tertiary/aromatic N) is 1. The summed E-state index contributed by atoms with van der Waals surface area (Å²) in [5.41, 5.74) is 8.78. The molecule has 0 aliphatic carbocycles. The van der Waals surface area contributed by atoms with Gasteiger partial charge in [-0.1, -0.05) is 12.1 Å². The molecule has 16 heavy (non-hydrogen) atoms. The van der Waals surface area contributed by atoms with Crippen molar-refractivity contribution in [1.82, 2.24) is 4.98 Å². The van der Waals surface area contributed by atoms with Crippen LogP contribution in [0.4, 0.5) is 5.69 Å². The molecule has 0 fully saturated rings. The van der Waals surface area contributed by atoms with Gasteiger partial charge in [-0.2, -0.15) is 0 Å². The summed E-state index contributed by atoms with van der Waals surface area (Å²) >= 11 is 0. The Morgan fingerprint density at radius 1 is 1.25 bits per heavy atom. The largest absolute Gasteiger partial charge is 0.399 e. The van der Waals surface area contributed by atoms with E-state index >= 15 is 0 Å². The molecule has 0 saturated carbocycles. The van der Waals surface area contributed by atoms with Gasteiger partial charge in [-0.05, 0) is 31.2 Å². The highest BCUT2D eigenvalue weighted by molar-refractivity contribution is 5.93. The fourth-order valence-electron chi connectivity index (χ4n) is 1.47. The zero-order valence-corrected chi connectivity index (χ0v) is 8.97. The highest BCUT2D eigenvalue weighted by Gasteiger charge is 2.02. The summed E-state index contributed by atoms with van der Waals surface area (Å²) in [6.45, 7) is 1.52. The third-order valence-corrected chi connectivity index (χ3v) is 2.35. The van der Waals surface area contributed by atoms with Gasteiger partial charge in [0.15, 0.2) is 5.78 Å². The molecule has 1 aromatic heterocycles. The highest BCUT2D eigenvalue weighted by atomic mass is 16.1. The first-order chi connectivity index (χ1) is 7.66. The minimum absolute atomic E-state index is 0.0200. The second kappa shape index (κ2) is 4.14. The maximum Gasteiger partial charge on any atom is 0.161 e. The quantitative estimate of drug-likeness (QED) is 0.614. The monoisotopic (exact) mass is 212 g/mol. The molecule has 2 N–H and O–H groups in total. The van der Waals surface area contributed by atoms with Crippen LogP contribution in [0.2, 0.25) is 0 Å². The molecule has 3 nitrogen and oxygen atoms in total. The van der Waals surface area contributed by atoms with E-state index in [4.69, 9.17) is 5.73 Å². The number of benzene rings is 1. The normalized spacial score (nSPS) is 10.1. The van der Waals surface area contributed by atoms with Gasteiger partial charge in [-0.3, -0.25) is 9.78 Å². The molecule has 0 saturated heterocycles. The zero-order valence-electron chi connectivity index (χ0n) is 8.97. The van der Waals surface area contributed by atoms with E-state index < -0.39 is 0 Å². The molecule has 0 aliphatic rings. The van der Waals surface area contributed by atoms with Crippen LogP contribution in [-0.2, 0) is 0 Å². The number of pyridine rings is 1. The van der Waals surface area contributed by atoms with Gasteiger partial charge < -0.3 is 5.73 Å². The molecule has 80 valence electrons. The van der Waals surface area contributed by atoms with Crippen molar-refractivity contribution < 1.29 is 4.79 Å². The third kappa shape index (κ3) is 2.08. The summed E-state index contributed by atoms with van der Waals surface area (Å²) in [6, 6.07) is 11.1. The number of hydrogen-bond acceptors (Lipinski definition) is 3. The first kappa shape index (κ1) is 10.4. The van der Waals surface area contributed by atoms with Crippen molar-refractivity contribution in [3.8, 4) is 11.3 Å². The average Bonchev–Trinajstić information content (AvgIpc) is 2.29. The number of carbonyl (C=O) groups excluding carboxylic acids is 1. The number of rotatable bonds is 2. The highest BCUT2D eigenvalue weighted by Crippen LogP contribution is 2.19. The van der Waals surface area contributed by atoms with Crippen molar-refractivity contribution in [2.45, 2.75) is 6.92 Å². The Morgan fingerprint density at radius 2 is 2.06 bits per heavy atom. The molecule has 3 heteroatoms. The Balaban J connectivity index is 2.38. The van der Waals surface area contributed by atoms with Gasteiger partial charge in [0.1, 0.15) is 0 Å². The van der Waals surface area contributed by atoms with Crippen LogP contribution in [0.25, 0.3) is 11.3 Å².